The second kappa shape index (κ2) is 3.01. The minimum Gasteiger partial charge on any atom is -0.384 e. The summed E-state index contributed by atoms with van der Waals surface area (Å²) in [7, 11) is 0. The molecule has 0 aromatic heterocycles. The molecule has 2 nitrogen and oxygen atoms in total. The first-order valence-corrected chi connectivity index (χ1v) is 4.40. The van der Waals surface area contributed by atoms with Crippen molar-refractivity contribution in [3.05, 3.63) is 24.3 Å². The number of hydrogen-bond acceptors (Lipinski definition) is 2. The van der Waals surface area contributed by atoms with Crippen molar-refractivity contribution in [3.8, 4) is 6.07 Å². The molecule has 0 aliphatic heterocycles. The van der Waals surface area contributed by atoms with E-state index in [0.717, 1.165) is 0 Å². The van der Waals surface area contributed by atoms with Crippen LogP contribution in [-0.2, 0) is 0 Å². The number of rotatable bonds is 0. The van der Waals surface area contributed by atoms with Crippen molar-refractivity contribution in [2.75, 3.05) is 0 Å². The van der Waals surface area contributed by atoms with Crippen LogP contribution >= 0.6 is 0 Å². The van der Waals surface area contributed by atoms with Crippen LogP contribution in [0.4, 0.5) is 0 Å². The topological polar surface area (TPSA) is 44.0 Å². The molecule has 0 aromatic rings. The number of nitriles is 1. The van der Waals surface area contributed by atoms with E-state index >= 15 is 0 Å². The lowest BCUT2D eigenvalue weighted by molar-refractivity contribution is -0.0337. The van der Waals surface area contributed by atoms with E-state index in [0.29, 0.717) is 0 Å². The van der Waals surface area contributed by atoms with Gasteiger partial charge in [-0.2, -0.15) is 5.26 Å². The average Bonchev–Trinajstić information content (AvgIpc) is 2.03. The molecular formula is C11H15NO. The van der Waals surface area contributed by atoms with Crippen LogP contribution in [0.3, 0.4) is 0 Å². The summed E-state index contributed by atoms with van der Waals surface area (Å²) in [5.41, 5.74) is -1.37. The molecule has 70 valence electrons. The van der Waals surface area contributed by atoms with Crippen molar-refractivity contribution < 1.29 is 5.11 Å². The normalized spacial score (nSPS) is 33.0. The predicted octanol–water partition coefficient (Wildman–Crippen LogP) is 2.03. The molecule has 1 N–H and O–H groups in total. The van der Waals surface area contributed by atoms with E-state index in [1.807, 2.05) is 20.8 Å². The Morgan fingerprint density at radius 1 is 1.38 bits per heavy atom. The van der Waals surface area contributed by atoms with Gasteiger partial charge in [0.2, 0.25) is 0 Å². The van der Waals surface area contributed by atoms with E-state index in [1.54, 1.807) is 24.3 Å². The number of allylic oxidation sites excluding steroid dienone is 2. The predicted molar refractivity (Wildman–Crippen MR) is 51.8 cm³/mol. The van der Waals surface area contributed by atoms with Crippen LogP contribution in [0.5, 0.6) is 0 Å². The smallest absolute Gasteiger partial charge is 0.107 e. The summed E-state index contributed by atoms with van der Waals surface area (Å²) < 4.78 is 0. The van der Waals surface area contributed by atoms with Gasteiger partial charge in [0.15, 0.2) is 0 Å². The molecule has 0 fully saturated rings. The fourth-order valence-corrected chi connectivity index (χ4v) is 1.49. The summed E-state index contributed by atoms with van der Waals surface area (Å²) in [6.45, 7) is 5.79. The lowest BCUT2D eigenvalue weighted by atomic mass is 9.68. The Labute approximate surface area is 79.2 Å². The van der Waals surface area contributed by atoms with Crippen LogP contribution in [0.1, 0.15) is 20.8 Å². The van der Waals surface area contributed by atoms with Crippen LogP contribution in [0.15, 0.2) is 24.3 Å². The zero-order valence-electron chi connectivity index (χ0n) is 8.28. The highest BCUT2D eigenvalue weighted by Crippen LogP contribution is 2.39. The zero-order valence-corrected chi connectivity index (χ0v) is 8.28. The molecule has 0 spiro atoms. The lowest BCUT2D eigenvalue weighted by Gasteiger charge is -2.41. The fourth-order valence-electron chi connectivity index (χ4n) is 1.49. The van der Waals surface area contributed by atoms with Gasteiger partial charge < -0.3 is 5.11 Å². The van der Waals surface area contributed by atoms with Gasteiger partial charge in [-0.25, -0.2) is 0 Å². The Kier molecular flexibility index (Phi) is 2.32. The van der Waals surface area contributed by atoms with Crippen molar-refractivity contribution in [3.63, 3.8) is 0 Å². The van der Waals surface area contributed by atoms with Gasteiger partial charge in [0, 0.05) is 0 Å². The largest absolute Gasteiger partial charge is 0.384 e. The van der Waals surface area contributed by atoms with Crippen molar-refractivity contribution in [1.29, 1.82) is 5.26 Å². The Morgan fingerprint density at radius 2 is 2.00 bits per heavy atom. The molecule has 1 aliphatic rings. The Hall–Kier alpha value is -1.07. The van der Waals surface area contributed by atoms with Gasteiger partial charge in [0.05, 0.1) is 12.0 Å². The summed E-state index contributed by atoms with van der Waals surface area (Å²) in [6.07, 6.45) is 7.04. The fraction of sp³-hybridized carbons (Fsp3) is 0.545. The lowest BCUT2D eigenvalue weighted by Crippen LogP contribution is -2.47. The van der Waals surface area contributed by atoms with Crippen LogP contribution in [0.25, 0.3) is 0 Å². The van der Waals surface area contributed by atoms with Crippen molar-refractivity contribution >= 4 is 0 Å². The summed E-state index contributed by atoms with van der Waals surface area (Å²) in [5.74, 6) is -0.447. The van der Waals surface area contributed by atoms with E-state index in [2.05, 4.69) is 6.07 Å². The van der Waals surface area contributed by atoms with Gasteiger partial charge in [-0.15, -0.1) is 0 Å². The van der Waals surface area contributed by atoms with Crippen molar-refractivity contribution in [2.24, 2.45) is 11.3 Å². The molecule has 0 amide bonds. The number of hydrogen-bond donors (Lipinski definition) is 1. The molecule has 1 rings (SSSR count). The monoisotopic (exact) mass is 177 g/mol. The molecule has 0 heterocycles. The minimum atomic E-state index is -1.05. The highest BCUT2D eigenvalue weighted by molar-refractivity contribution is 5.28. The average molecular weight is 177 g/mol. The molecule has 0 radical (unpaired) electrons. The van der Waals surface area contributed by atoms with E-state index in [1.165, 1.54) is 0 Å². The maximum absolute atomic E-state index is 10.3. The van der Waals surface area contributed by atoms with E-state index in [9.17, 15) is 5.11 Å². The Bertz CT molecular complexity index is 290. The first kappa shape index (κ1) is 10.0. The summed E-state index contributed by atoms with van der Waals surface area (Å²) in [5, 5.41) is 19.2. The van der Waals surface area contributed by atoms with Crippen molar-refractivity contribution in [2.45, 2.75) is 26.4 Å². The standard InChI is InChI=1S/C11H15NO/c1-10(2,3)11(13)7-5-4-6-9(11)8-12/h4-7,9,13H,1-3H3. The van der Waals surface area contributed by atoms with Crippen LogP contribution < -0.4 is 0 Å². The van der Waals surface area contributed by atoms with E-state index < -0.39 is 11.5 Å². The van der Waals surface area contributed by atoms with Gasteiger partial charge in [-0.3, -0.25) is 0 Å². The van der Waals surface area contributed by atoms with Crippen LogP contribution in [-0.4, -0.2) is 10.7 Å². The summed E-state index contributed by atoms with van der Waals surface area (Å²) in [6, 6.07) is 2.11. The molecule has 0 saturated heterocycles. The first-order valence-electron chi connectivity index (χ1n) is 4.40. The van der Waals surface area contributed by atoms with Crippen LogP contribution in [0.2, 0.25) is 0 Å². The molecule has 2 unspecified atom stereocenters. The molecule has 2 heteroatoms. The molecule has 0 saturated carbocycles. The third-order valence-electron chi connectivity index (χ3n) is 2.58. The number of nitrogens with zero attached hydrogens (tertiary/aromatic N) is 1. The third-order valence-corrected chi connectivity index (χ3v) is 2.58. The molecule has 1 aliphatic carbocycles. The van der Waals surface area contributed by atoms with E-state index in [-0.39, 0.29) is 5.41 Å². The quantitative estimate of drug-likeness (QED) is 0.615. The summed E-state index contributed by atoms with van der Waals surface area (Å²) >= 11 is 0. The zero-order chi connectivity index (χ0) is 10.1. The Morgan fingerprint density at radius 3 is 2.38 bits per heavy atom. The molecule has 0 bridgehead atoms. The van der Waals surface area contributed by atoms with Crippen LogP contribution in [0, 0.1) is 22.7 Å². The van der Waals surface area contributed by atoms with Gasteiger partial charge in [-0.1, -0.05) is 45.1 Å². The minimum absolute atomic E-state index is 0.325. The third kappa shape index (κ3) is 1.52. The van der Waals surface area contributed by atoms with Gasteiger partial charge in [0.25, 0.3) is 0 Å². The molecule has 2 atom stereocenters. The molecular weight excluding hydrogens is 162 g/mol. The SMILES string of the molecule is CC(C)(C)C1(O)C=CC=CC1C#N. The van der Waals surface area contributed by atoms with Gasteiger partial charge >= 0.3 is 0 Å². The second-order valence-corrected chi connectivity index (χ2v) is 4.43. The highest BCUT2D eigenvalue weighted by atomic mass is 16.3. The van der Waals surface area contributed by atoms with Crippen molar-refractivity contribution in [1.82, 2.24) is 0 Å². The Balaban J connectivity index is 3.09. The first-order chi connectivity index (χ1) is 5.92. The summed E-state index contributed by atoms with van der Waals surface area (Å²) in [4.78, 5) is 0. The maximum atomic E-state index is 10.3. The second-order valence-electron chi connectivity index (χ2n) is 4.43. The highest BCUT2D eigenvalue weighted by Gasteiger charge is 2.44. The van der Waals surface area contributed by atoms with Gasteiger partial charge in [0.1, 0.15) is 5.60 Å². The van der Waals surface area contributed by atoms with E-state index in [4.69, 9.17) is 5.26 Å². The molecule has 13 heavy (non-hydrogen) atoms. The molecule has 0 aromatic carbocycles. The maximum Gasteiger partial charge on any atom is 0.107 e. The van der Waals surface area contributed by atoms with Gasteiger partial charge in [-0.05, 0) is 5.41 Å². The number of aliphatic hydroxyl groups is 1.